The van der Waals surface area contributed by atoms with E-state index in [1.807, 2.05) is 98.8 Å². The Kier molecular flexibility index (Phi) is 12.9. The van der Waals surface area contributed by atoms with Crippen LogP contribution in [0.1, 0.15) is 50.4 Å². The number of hydrogen-bond acceptors (Lipinski definition) is 6. The summed E-state index contributed by atoms with van der Waals surface area (Å²) in [6.45, 7) is 6.48. The van der Waals surface area contributed by atoms with Crippen LogP contribution in [0.2, 0.25) is 0 Å². The zero-order chi connectivity index (χ0) is 38.9. The van der Waals surface area contributed by atoms with E-state index in [-0.39, 0.29) is 49.2 Å². The molecule has 0 saturated carbocycles. The van der Waals surface area contributed by atoms with Crippen LogP contribution in [-0.4, -0.2) is 84.5 Å². The quantitative estimate of drug-likeness (QED) is 0.132. The fourth-order valence-electron chi connectivity index (χ4n) is 6.98. The molecule has 4 N–H and O–H groups in total. The Morgan fingerprint density at radius 2 is 1.49 bits per heavy atom. The molecule has 4 atom stereocenters. The van der Waals surface area contributed by atoms with E-state index in [1.54, 1.807) is 42.0 Å². The van der Waals surface area contributed by atoms with Crippen LogP contribution in [-0.2, 0) is 4.74 Å². The molecule has 5 amide bonds. The van der Waals surface area contributed by atoms with Crippen molar-refractivity contribution in [2.75, 3.05) is 49.3 Å². The van der Waals surface area contributed by atoms with Crippen LogP contribution in [0.4, 0.5) is 26.7 Å². The van der Waals surface area contributed by atoms with Gasteiger partial charge in [-0.2, -0.15) is 0 Å². The van der Waals surface area contributed by atoms with Crippen molar-refractivity contribution in [2.45, 2.75) is 58.3 Å². The summed E-state index contributed by atoms with van der Waals surface area (Å²) in [5.74, 6) is -0.189. The number of aliphatic hydroxyl groups excluding tert-OH is 1. The molecule has 0 radical (unpaired) electrons. The minimum absolute atomic E-state index is 0.203. The van der Waals surface area contributed by atoms with E-state index in [9.17, 15) is 19.5 Å². The lowest BCUT2D eigenvalue weighted by molar-refractivity contribution is -0.0115. The van der Waals surface area contributed by atoms with Gasteiger partial charge in [0.15, 0.2) is 0 Å². The number of urea groups is 2. The molecule has 11 heteroatoms. The third-order valence-corrected chi connectivity index (χ3v) is 10.2. The molecule has 288 valence electrons. The van der Waals surface area contributed by atoms with Gasteiger partial charge in [0.25, 0.3) is 5.91 Å². The SMILES string of the molecule is C[C@@H]1CCCCO[C@@H](CN(C)C(=O)Nc2cccc3ccccc23)[C@@H](C)CN([C@@H](C)CO)C(=O)c2cc(NC(=O)Nc3cccc4ccccc34)ccc2O1. The van der Waals surface area contributed by atoms with E-state index in [1.165, 1.54) is 0 Å². The standard InChI is InChI=1S/C44H51N5O6/c1-29-26-49(30(2)28-50)42(51)37-25-34(45-43(52)46-38-20-11-16-32-14-5-7-18-35(32)38)22-23-40(37)55-31(3)13-9-10-24-54-41(29)27-48(4)44(53)47-39-21-12-17-33-15-6-8-19-36(33)39/h5-8,11-12,14-23,25,29-31,41,50H,9-10,13,24,26-28H2,1-4H3,(H,47,53)(H2,45,46,52)/t29-,30-,31+,41-/m0/s1. The van der Waals surface area contributed by atoms with Crippen LogP contribution in [0.15, 0.2) is 103 Å². The summed E-state index contributed by atoms with van der Waals surface area (Å²) < 4.78 is 12.8. The number of fused-ring (bicyclic) bond motifs is 3. The number of hydrogen-bond donors (Lipinski definition) is 4. The molecular weight excluding hydrogens is 695 g/mol. The molecule has 5 aromatic carbocycles. The largest absolute Gasteiger partial charge is 0.490 e. The van der Waals surface area contributed by atoms with Gasteiger partial charge in [0.1, 0.15) is 5.75 Å². The molecule has 0 bridgehead atoms. The Morgan fingerprint density at radius 1 is 0.855 bits per heavy atom. The summed E-state index contributed by atoms with van der Waals surface area (Å²) in [6, 6.07) is 31.0. The number of carbonyl (C=O) groups is 3. The van der Waals surface area contributed by atoms with Crippen LogP contribution in [0.5, 0.6) is 5.75 Å². The molecular formula is C44H51N5O6. The van der Waals surface area contributed by atoms with Crippen LogP contribution < -0.4 is 20.7 Å². The normalized spacial score (nSPS) is 18.7. The van der Waals surface area contributed by atoms with Gasteiger partial charge in [-0.1, -0.05) is 79.7 Å². The van der Waals surface area contributed by atoms with Crippen molar-refractivity contribution >= 4 is 56.6 Å². The highest BCUT2D eigenvalue weighted by molar-refractivity contribution is 6.07. The Hall–Kier alpha value is -5.65. The first-order valence-electron chi connectivity index (χ1n) is 19.0. The molecule has 0 unspecified atom stereocenters. The van der Waals surface area contributed by atoms with Crippen molar-refractivity contribution in [1.29, 1.82) is 0 Å². The molecule has 0 aliphatic carbocycles. The number of amides is 5. The number of ether oxygens (including phenoxy) is 2. The summed E-state index contributed by atoms with van der Waals surface area (Å²) in [5, 5.41) is 23.1. The molecule has 0 saturated heterocycles. The third kappa shape index (κ3) is 9.72. The van der Waals surface area contributed by atoms with Crippen molar-refractivity contribution < 1.29 is 29.0 Å². The lowest BCUT2D eigenvalue weighted by atomic mass is 10.0. The number of carbonyl (C=O) groups excluding carboxylic acids is 3. The Balaban J connectivity index is 1.22. The maximum Gasteiger partial charge on any atom is 0.323 e. The predicted octanol–water partition coefficient (Wildman–Crippen LogP) is 8.60. The van der Waals surface area contributed by atoms with Crippen molar-refractivity contribution in [3.63, 3.8) is 0 Å². The van der Waals surface area contributed by atoms with Crippen LogP contribution in [0.25, 0.3) is 21.5 Å². The maximum absolute atomic E-state index is 14.6. The number of rotatable bonds is 7. The highest BCUT2D eigenvalue weighted by Crippen LogP contribution is 2.30. The molecule has 55 heavy (non-hydrogen) atoms. The second kappa shape index (κ2) is 18.1. The molecule has 1 aliphatic rings. The van der Waals surface area contributed by atoms with E-state index < -0.39 is 18.2 Å². The fraction of sp³-hybridized carbons (Fsp3) is 0.341. The summed E-state index contributed by atoms with van der Waals surface area (Å²) in [6.07, 6.45) is 1.75. The molecule has 11 nitrogen and oxygen atoms in total. The number of nitrogens with zero attached hydrogens (tertiary/aromatic N) is 2. The van der Waals surface area contributed by atoms with Gasteiger partial charge in [-0.25, -0.2) is 9.59 Å². The fourth-order valence-corrected chi connectivity index (χ4v) is 6.98. The van der Waals surface area contributed by atoms with E-state index >= 15 is 0 Å². The van der Waals surface area contributed by atoms with Gasteiger partial charge in [-0.3, -0.25) is 4.79 Å². The molecule has 0 aromatic heterocycles. The summed E-state index contributed by atoms with van der Waals surface area (Å²) in [7, 11) is 1.74. The average Bonchev–Trinajstić information content (AvgIpc) is 3.19. The number of aliphatic hydroxyl groups is 1. The van der Waals surface area contributed by atoms with Crippen LogP contribution in [0, 0.1) is 5.92 Å². The highest BCUT2D eigenvalue weighted by Gasteiger charge is 2.31. The Labute approximate surface area is 322 Å². The lowest BCUT2D eigenvalue weighted by Gasteiger charge is -2.35. The molecule has 6 rings (SSSR count). The van der Waals surface area contributed by atoms with Crippen molar-refractivity contribution in [3.8, 4) is 5.75 Å². The van der Waals surface area contributed by atoms with Crippen molar-refractivity contribution in [3.05, 3.63) is 109 Å². The van der Waals surface area contributed by atoms with Gasteiger partial charge >= 0.3 is 12.1 Å². The van der Waals surface area contributed by atoms with E-state index in [2.05, 4.69) is 16.0 Å². The second-order valence-electron chi connectivity index (χ2n) is 14.5. The number of likely N-dealkylation sites (N-methyl/N-ethyl adjacent to an activating group) is 1. The predicted molar refractivity (Wildman–Crippen MR) is 219 cm³/mol. The zero-order valence-electron chi connectivity index (χ0n) is 32.0. The van der Waals surface area contributed by atoms with E-state index in [0.717, 1.165) is 46.5 Å². The van der Waals surface area contributed by atoms with Gasteiger partial charge in [-0.15, -0.1) is 0 Å². The monoisotopic (exact) mass is 745 g/mol. The third-order valence-electron chi connectivity index (χ3n) is 10.2. The minimum atomic E-state index is -0.549. The average molecular weight is 746 g/mol. The van der Waals surface area contributed by atoms with Crippen molar-refractivity contribution in [2.24, 2.45) is 5.92 Å². The summed E-state index contributed by atoms with van der Waals surface area (Å²) in [5.41, 5.74) is 2.06. The Bertz CT molecular complexity index is 2110. The molecule has 0 spiro atoms. The Morgan fingerprint density at radius 3 is 2.16 bits per heavy atom. The van der Waals surface area contributed by atoms with Crippen molar-refractivity contribution in [1.82, 2.24) is 9.80 Å². The number of nitrogens with one attached hydrogen (secondary N) is 3. The zero-order valence-corrected chi connectivity index (χ0v) is 32.0. The van der Waals surface area contributed by atoms with Crippen LogP contribution >= 0.6 is 0 Å². The molecule has 1 heterocycles. The molecule has 0 fully saturated rings. The van der Waals surface area contributed by atoms with Gasteiger partial charge in [0, 0.05) is 49.1 Å². The first-order chi connectivity index (χ1) is 26.6. The second-order valence-corrected chi connectivity index (χ2v) is 14.5. The first-order valence-corrected chi connectivity index (χ1v) is 19.0. The van der Waals surface area contributed by atoms with Gasteiger partial charge in [0.05, 0.1) is 41.8 Å². The topological polar surface area (TPSA) is 132 Å². The summed E-state index contributed by atoms with van der Waals surface area (Å²) >= 11 is 0. The van der Waals surface area contributed by atoms with Crippen LogP contribution in [0.3, 0.4) is 0 Å². The number of benzene rings is 5. The van der Waals surface area contributed by atoms with Gasteiger partial charge in [-0.05, 0) is 74.2 Å². The first kappa shape index (κ1) is 39.1. The smallest absolute Gasteiger partial charge is 0.323 e. The van der Waals surface area contributed by atoms with E-state index in [0.29, 0.717) is 23.7 Å². The molecule has 1 aliphatic heterocycles. The van der Waals surface area contributed by atoms with Gasteiger partial charge < -0.3 is 40.3 Å². The number of anilines is 3. The minimum Gasteiger partial charge on any atom is -0.490 e. The summed E-state index contributed by atoms with van der Waals surface area (Å²) in [4.78, 5) is 44.6. The lowest BCUT2D eigenvalue weighted by Crippen LogP contribution is -2.48. The molecule has 5 aromatic rings. The maximum atomic E-state index is 14.6. The van der Waals surface area contributed by atoms with E-state index in [4.69, 9.17) is 9.47 Å². The highest BCUT2D eigenvalue weighted by atomic mass is 16.5. The van der Waals surface area contributed by atoms with Gasteiger partial charge in [0.2, 0.25) is 0 Å².